The van der Waals surface area contributed by atoms with Gasteiger partial charge in [-0.3, -0.25) is 10.1 Å². The topological polar surface area (TPSA) is 99.1 Å². The lowest BCUT2D eigenvalue weighted by molar-refractivity contribution is 0.0693. The molecule has 3 rings (SSSR count). The molecule has 17 heavy (non-hydrogen) atoms. The first kappa shape index (κ1) is 9.59. The molecule has 0 bridgehead atoms. The molecule has 0 unspecified atom stereocenters. The van der Waals surface area contributed by atoms with E-state index >= 15 is 0 Å². The van der Waals surface area contributed by atoms with Gasteiger partial charge in [0.05, 0.1) is 22.6 Å². The zero-order valence-corrected chi connectivity index (χ0v) is 8.51. The molecule has 6 heteroatoms. The first-order valence-corrected chi connectivity index (χ1v) is 4.85. The zero-order chi connectivity index (χ0) is 12.0. The number of nitrogens with one attached hydrogen (secondary N) is 1. The third-order valence-corrected chi connectivity index (χ3v) is 2.65. The number of aromatic nitrogens is 3. The molecule has 6 nitrogen and oxygen atoms in total. The highest BCUT2D eigenvalue weighted by atomic mass is 16.4. The van der Waals surface area contributed by atoms with Crippen LogP contribution in [0.2, 0.25) is 0 Å². The predicted octanol–water partition coefficient (Wildman–Crippen LogP) is 1.51. The van der Waals surface area contributed by atoms with Crippen LogP contribution in [-0.4, -0.2) is 31.4 Å². The van der Waals surface area contributed by atoms with Crippen molar-refractivity contribution in [1.82, 2.24) is 15.2 Å². The summed E-state index contributed by atoms with van der Waals surface area (Å²) in [6, 6.07) is 3.51. The number of carboxylic acid groups (broad SMARTS) is 1. The van der Waals surface area contributed by atoms with Gasteiger partial charge < -0.3 is 10.2 Å². The van der Waals surface area contributed by atoms with Gasteiger partial charge in [-0.15, -0.1) is 0 Å². The van der Waals surface area contributed by atoms with Crippen LogP contribution in [0.1, 0.15) is 10.4 Å². The highest BCUT2D eigenvalue weighted by molar-refractivity contribution is 6.10. The molecule has 0 saturated carbocycles. The minimum atomic E-state index is -1.21. The molecule has 0 aliphatic rings. The van der Waals surface area contributed by atoms with Crippen LogP contribution in [-0.2, 0) is 0 Å². The minimum absolute atomic E-state index is 0.223. The van der Waals surface area contributed by atoms with Gasteiger partial charge in [0.2, 0.25) is 0 Å². The summed E-state index contributed by atoms with van der Waals surface area (Å²) in [5.74, 6) is -1.51. The summed E-state index contributed by atoms with van der Waals surface area (Å²) in [6.45, 7) is 0. The van der Waals surface area contributed by atoms with Gasteiger partial charge in [0.1, 0.15) is 11.3 Å². The van der Waals surface area contributed by atoms with E-state index in [4.69, 9.17) is 5.11 Å². The lowest BCUT2D eigenvalue weighted by atomic mass is 10.1. The molecule has 0 aliphatic heterocycles. The standard InChI is InChI=1S/C11H7N3O3/c15-10-6(11(16)17)4-12-7-2-1-5-3-13-14-9(5)8(7)10/h1-4H,(H,12,15)(H,13,14)(H,16,17). The van der Waals surface area contributed by atoms with E-state index in [0.29, 0.717) is 16.4 Å². The van der Waals surface area contributed by atoms with Gasteiger partial charge in [0, 0.05) is 11.6 Å². The van der Waals surface area contributed by atoms with E-state index in [-0.39, 0.29) is 11.3 Å². The van der Waals surface area contributed by atoms with Crippen LogP contribution in [0.15, 0.2) is 24.5 Å². The number of H-pyrrole nitrogens is 1. The van der Waals surface area contributed by atoms with Crippen molar-refractivity contribution < 1.29 is 15.0 Å². The van der Waals surface area contributed by atoms with E-state index in [9.17, 15) is 9.90 Å². The highest BCUT2D eigenvalue weighted by Gasteiger charge is 2.16. The molecule has 0 fully saturated rings. The molecule has 0 atom stereocenters. The molecule has 3 aromatic rings. The second kappa shape index (κ2) is 3.18. The molecular weight excluding hydrogens is 222 g/mol. The number of fused-ring (bicyclic) bond motifs is 3. The first-order valence-electron chi connectivity index (χ1n) is 4.85. The number of rotatable bonds is 1. The van der Waals surface area contributed by atoms with Crippen molar-refractivity contribution in [3.63, 3.8) is 0 Å². The Morgan fingerprint density at radius 3 is 2.88 bits per heavy atom. The SMILES string of the molecule is O=C(O)c1cnc2ccc3cn[nH]c3c2c1O. The van der Waals surface area contributed by atoms with Gasteiger partial charge in [0.15, 0.2) is 0 Å². The fourth-order valence-electron chi connectivity index (χ4n) is 1.84. The Hall–Kier alpha value is -2.63. The molecule has 2 aromatic heterocycles. The van der Waals surface area contributed by atoms with Crippen LogP contribution >= 0.6 is 0 Å². The molecule has 0 aliphatic carbocycles. The Kier molecular flexibility index (Phi) is 1.79. The average molecular weight is 229 g/mol. The van der Waals surface area contributed by atoms with Crippen LogP contribution in [0.5, 0.6) is 5.75 Å². The van der Waals surface area contributed by atoms with Gasteiger partial charge in [-0.05, 0) is 12.1 Å². The van der Waals surface area contributed by atoms with E-state index in [1.165, 1.54) is 0 Å². The maximum atomic E-state index is 10.9. The average Bonchev–Trinajstić information content (AvgIpc) is 2.76. The molecule has 0 spiro atoms. The number of carbonyl (C=O) groups is 1. The maximum absolute atomic E-state index is 10.9. The van der Waals surface area contributed by atoms with E-state index in [1.807, 2.05) is 0 Å². The summed E-state index contributed by atoms with van der Waals surface area (Å²) in [5.41, 5.74) is 0.874. The van der Waals surface area contributed by atoms with Crippen LogP contribution in [0.4, 0.5) is 0 Å². The highest BCUT2D eigenvalue weighted by Crippen LogP contribution is 2.32. The van der Waals surface area contributed by atoms with Crippen molar-refractivity contribution >= 4 is 27.8 Å². The van der Waals surface area contributed by atoms with E-state index in [0.717, 1.165) is 11.6 Å². The van der Waals surface area contributed by atoms with E-state index in [2.05, 4.69) is 15.2 Å². The van der Waals surface area contributed by atoms with Crippen LogP contribution in [0.3, 0.4) is 0 Å². The Labute approximate surface area is 94.5 Å². The van der Waals surface area contributed by atoms with Crippen molar-refractivity contribution in [2.45, 2.75) is 0 Å². The fourth-order valence-corrected chi connectivity index (χ4v) is 1.84. The number of aromatic carboxylic acids is 1. The first-order chi connectivity index (χ1) is 8.18. The quantitative estimate of drug-likeness (QED) is 0.587. The normalized spacial score (nSPS) is 11.1. The summed E-state index contributed by atoms with van der Waals surface area (Å²) in [6.07, 6.45) is 2.74. The van der Waals surface area contributed by atoms with Gasteiger partial charge in [0.25, 0.3) is 0 Å². The molecule has 1 aromatic carbocycles. The number of aromatic hydroxyl groups is 1. The van der Waals surface area contributed by atoms with Crippen LogP contribution in [0, 0.1) is 0 Å². The van der Waals surface area contributed by atoms with Gasteiger partial charge in [-0.2, -0.15) is 5.10 Å². The van der Waals surface area contributed by atoms with Gasteiger partial charge >= 0.3 is 5.97 Å². The second-order valence-corrected chi connectivity index (χ2v) is 3.62. The fraction of sp³-hybridized carbons (Fsp3) is 0. The second-order valence-electron chi connectivity index (χ2n) is 3.62. The number of aromatic amines is 1. The molecule has 0 saturated heterocycles. The summed E-state index contributed by atoms with van der Waals surface area (Å²) in [5, 5.41) is 26.6. The number of carboxylic acids is 1. The summed E-state index contributed by atoms with van der Waals surface area (Å²) in [7, 11) is 0. The van der Waals surface area contributed by atoms with E-state index in [1.54, 1.807) is 18.3 Å². The molecule has 2 heterocycles. The maximum Gasteiger partial charge on any atom is 0.341 e. The van der Waals surface area contributed by atoms with Crippen molar-refractivity contribution in [1.29, 1.82) is 0 Å². The zero-order valence-electron chi connectivity index (χ0n) is 8.51. The largest absolute Gasteiger partial charge is 0.506 e. The van der Waals surface area contributed by atoms with Crippen LogP contribution in [0.25, 0.3) is 21.8 Å². The molecule has 3 N–H and O–H groups in total. The van der Waals surface area contributed by atoms with E-state index < -0.39 is 5.97 Å². The van der Waals surface area contributed by atoms with Crippen molar-refractivity contribution in [3.8, 4) is 5.75 Å². The third kappa shape index (κ3) is 1.24. The van der Waals surface area contributed by atoms with Gasteiger partial charge in [-0.1, -0.05) is 0 Å². The van der Waals surface area contributed by atoms with Crippen molar-refractivity contribution in [3.05, 3.63) is 30.1 Å². The van der Waals surface area contributed by atoms with Crippen molar-refractivity contribution in [2.24, 2.45) is 0 Å². The number of nitrogens with zero attached hydrogens (tertiary/aromatic N) is 2. The third-order valence-electron chi connectivity index (χ3n) is 2.65. The van der Waals surface area contributed by atoms with Crippen LogP contribution < -0.4 is 0 Å². The number of pyridine rings is 1. The minimum Gasteiger partial charge on any atom is -0.506 e. The number of hydrogen-bond donors (Lipinski definition) is 3. The van der Waals surface area contributed by atoms with Gasteiger partial charge in [-0.25, -0.2) is 4.79 Å². The predicted molar refractivity (Wildman–Crippen MR) is 60.0 cm³/mol. The monoisotopic (exact) mass is 229 g/mol. The molecule has 0 amide bonds. The lowest BCUT2D eigenvalue weighted by Crippen LogP contribution is -1.98. The lowest BCUT2D eigenvalue weighted by Gasteiger charge is -2.04. The number of benzene rings is 1. The Morgan fingerprint density at radius 1 is 1.29 bits per heavy atom. The molecule has 0 radical (unpaired) electrons. The molecular formula is C11H7N3O3. The van der Waals surface area contributed by atoms with Crippen molar-refractivity contribution in [2.75, 3.05) is 0 Å². The Bertz CT molecular complexity index is 748. The smallest absolute Gasteiger partial charge is 0.341 e. The number of hydrogen-bond acceptors (Lipinski definition) is 4. The summed E-state index contributed by atoms with van der Waals surface area (Å²) in [4.78, 5) is 14.9. The summed E-state index contributed by atoms with van der Waals surface area (Å²) < 4.78 is 0. The Balaban J connectivity index is 2.55. The Morgan fingerprint density at radius 2 is 2.12 bits per heavy atom. The summed E-state index contributed by atoms with van der Waals surface area (Å²) >= 11 is 0. The molecule has 84 valence electrons.